The highest BCUT2D eigenvalue weighted by atomic mass is 16.5. The van der Waals surface area contributed by atoms with Crippen molar-refractivity contribution in [1.82, 2.24) is 0 Å². The van der Waals surface area contributed by atoms with Gasteiger partial charge >= 0.3 is 0 Å². The summed E-state index contributed by atoms with van der Waals surface area (Å²) in [6, 6.07) is 13.5. The quantitative estimate of drug-likeness (QED) is 0.932. The minimum absolute atomic E-state index is 0.0556. The van der Waals surface area contributed by atoms with Gasteiger partial charge in [-0.25, -0.2) is 0 Å². The number of aryl methyl sites for hydroxylation is 2. The topological polar surface area (TPSA) is 72.6 Å². The van der Waals surface area contributed by atoms with E-state index in [0.29, 0.717) is 17.9 Å². The van der Waals surface area contributed by atoms with E-state index in [1.807, 2.05) is 24.3 Å². The third kappa shape index (κ3) is 2.97. The molecule has 2 aromatic carbocycles. The predicted octanol–water partition coefficient (Wildman–Crippen LogP) is 2.00. The van der Waals surface area contributed by atoms with Gasteiger partial charge in [-0.15, -0.1) is 0 Å². The molecule has 25 heavy (non-hydrogen) atoms. The smallest absolute Gasteiger partial charge is 0.260 e. The van der Waals surface area contributed by atoms with E-state index in [2.05, 4.69) is 12.1 Å². The first kappa shape index (κ1) is 15.7. The van der Waals surface area contributed by atoms with Crippen molar-refractivity contribution in [2.75, 3.05) is 11.4 Å². The zero-order valence-electron chi connectivity index (χ0n) is 13.9. The number of benzene rings is 2. The molecular weight excluding hydrogens is 316 g/mol. The molecule has 0 aromatic heterocycles. The number of fused-ring (bicyclic) bond motifs is 2. The van der Waals surface area contributed by atoms with Crippen LogP contribution in [0.5, 0.6) is 5.75 Å². The number of nitrogens with zero attached hydrogens (tertiary/aromatic N) is 1. The molecule has 2 N–H and O–H groups in total. The van der Waals surface area contributed by atoms with Crippen molar-refractivity contribution in [3.63, 3.8) is 0 Å². The van der Waals surface area contributed by atoms with E-state index in [0.717, 1.165) is 18.4 Å². The predicted molar refractivity (Wildman–Crippen MR) is 94.6 cm³/mol. The van der Waals surface area contributed by atoms with Gasteiger partial charge in [0.05, 0.1) is 18.7 Å². The van der Waals surface area contributed by atoms with Crippen LogP contribution in [0.2, 0.25) is 0 Å². The fourth-order valence-corrected chi connectivity index (χ4v) is 3.62. The monoisotopic (exact) mass is 336 g/mol. The van der Waals surface area contributed by atoms with Crippen LogP contribution < -0.4 is 15.4 Å². The number of hydrogen-bond acceptors (Lipinski definition) is 3. The lowest BCUT2D eigenvalue weighted by Crippen LogP contribution is -2.49. The van der Waals surface area contributed by atoms with Crippen molar-refractivity contribution in [2.45, 2.75) is 31.8 Å². The maximum absolute atomic E-state index is 12.9. The Morgan fingerprint density at radius 2 is 1.92 bits per heavy atom. The zero-order chi connectivity index (χ0) is 17.4. The number of carbonyl (C=O) groups is 2. The van der Waals surface area contributed by atoms with Crippen molar-refractivity contribution in [2.24, 2.45) is 5.73 Å². The molecule has 0 saturated heterocycles. The third-order valence-electron chi connectivity index (χ3n) is 4.91. The number of ether oxygens (including phenoxy) is 1. The molecular formula is C20H20N2O3. The third-order valence-corrected chi connectivity index (χ3v) is 4.91. The molecule has 0 spiro atoms. The van der Waals surface area contributed by atoms with Gasteiger partial charge in [0.2, 0.25) is 5.91 Å². The Morgan fingerprint density at radius 3 is 2.76 bits per heavy atom. The summed E-state index contributed by atoms with van der Waals surface area (Å²) >= 11 is 0. The highest BCUT2D eigenvalue weighted by molar-refractivity contribution is 5.98. The number of carbonyl (C=O) groups excluding carboxylic acids is 2. The van der Waals surface area contributed by atoms with E-state index in [4.69, 9.17) is 10.5 Å². The lowest BCUT2D eigenvalue weighted by Gasteiger charge is -2.33. The summed E-state index contributed by atoms with van der Waals surface area (Å²) in [5.74, 6) is -0.107. The molecule has 0 radical (unpaired) electrons. The van der Waals surface area contributed by atoms with Gasteiger partial charge in [0, 0.05) is 0 Å². The first-order chi connectivity index (χ1) is 12.1. The Labute approximate surface area is 146 Å². The molecule has 2 amide bonds. The molecule has 5 nitrogen and oxygen atoms in total. The number of hydrogen-bond donors (Lipinski definition) is 1. The van der Waals surface area contributed by atoms with Crippen LogP contribution in [0, 0.1) is 0 Å². The van der Waals surface area contributed by atoms with Crippen LogP contribution in [0.4, 0.5) is 5.69 Å². The number of rotatable bonds is 3. The SMILES string of the molecule is NC(=O)C1CN(C(=O)Cc2ccc3c(c2)CCC3)c2ccccc2O1. The summed E-state index contributed by atoms with van der Waals surface area (Å²) in [4.78, 5) is 26.1. The number of amides is 2. The molecule has 2 aliphatic rings. The molecule has 1 atom stereocenters. The summed E-state index contributed by atoms with van der Waals surface area (Å²) in [5, 5.41) is 0. The summed E-state index contributed by atoms with van der Waals surface area (Å²) in [7, 11) is 0. The van der Waals surface area contributed by atoms with Gasteiger partial charge < -0.3 is 15.4 Å². The average Bonchev–Trinajstić information content (AvgIpc) is 3.08. The largest absolute Gasteiger partial charge is 0.477 e. The standard InChI is InChI=1S/C20H20N2O3/c21-20(24)18-12-22(16-6-1-2-7-17(16)25-18)19(23)11-13-8-9-14-4-3-5-15(14)10-13/h1-2,6-10,18H,3-5,11-12H2,(H2,21,24). The molecule has 4 rings (SSSR count). The van der Waals surface area contributed by atoms with E-state index in [1.54, 1.807) is 11.0 Å². The second-order valence-corrected chi connectivity index (χ2v) is 6.61. The van der Waals surface area contributed by atoms with Crippen molar-refractivity contribution in [1.29, 1.82) is 0 Å². The molecule has 1 aliphatic carbocycles. The Hall–Kier alpha value is -2.82. The summed E-state index contributed by atoms with van der Waals surface area (Å²) in [5.41, 5.74) is 9.83. The average molecular weight is 336 g/mol. The van der Waals surface area contributed by atoms with Crippen LogP contribution in [0.3, 0.4) is 0 Å². The lowest BCUT2D eigenvalue weighted by atomic mass is 10.0. The summed E-state index contributed by atoms with van der Waals surface area (Å²) in [6.07, 6.45) is 2.87. The van der Waals surface area contributed by atoms with Crippen molar-refractivity contribution >= 4 is 17.5 Å². The van der Waals surface area contributed by atoms with Gasteiger partial charge in [-0.05, 0) is 48.1 Å². The fraction of sp³-hybridized carbons (Fsp3) is 0.300. The van der Waals surface area contributed by atoms with Crippen LogP contribution in [-0.2, 0) is 28.9 Å². The van der Waals surface area contributed by atoms with Crippen LogP contribution in [0.1, 0.15) is 23.1 Å². The van der Waals surface area contributed by atoms with Crippen LogP contribution >= 0.6 is 0 Å². The number of para-hydroxylation sites is 2. The minimum atomic E-state index is -0.820. The van der Waals surface area contributed by atoms with E-state index in [9.17, 15) is 9.59 Å². The molecule has 0 saturated carbocycles. The Balaban J connectivity index is 1.59. The Morgan fingerprint density at radius 1 is 1.12 bits per heavy atom. The number of anilines is 1. The van der Waals surface area contributed by atoms with Gasteiger partial charge in [-0.3, -0.25) is 9.59 Å². The summed E-state index contributed by atoms with van der Waals surface area (Å²) < 4.78 is 5.62. The van der Waals surface area contributed by atoms with Gasteiger partial charge in [-0.1, -0.05) is 30.3 Å². The second-order valence-electron chi connectivity index (χ2n) is 6.61. The maximum atomic E-state index is 12.9. The highest BCUT2D eigenvalue weighted by Gasteiger charge is 2.32. The van der Waals surface area contributed by atoms with E-state index < -0.39 is 12.0 Å². The highest BCUT2D eigenvalue weighted by Crippen LogP contribution is 2.33. The van der Waals surface area contributed by atoms with E-state index in [-0.39, 0.29) is 12.5 Å². The normalized spacial score (nSPS) is 18.2. The van der Waals surface area contributed by atoms with Crippen LogP contribution in [-0.4, -0.2) is 24.5 Å². The molecule has 2 aromatic rings. The van der Waals surface area contributed by atoms with Gasteiger partial charge in [0.15, 0.2) is 6.10 Å². The molecule has 0 bridgehead atoms. The van der Waals surface area contributed by atoms with Crippen molar-refractivity contribution < 1.29 is 14.3 Å². The molecule has 1 aliphatic heterocycles. The lowest BCUT2D eigenvalue weighted by molar-refractivity contribution is -0.125. The first-order valence-electron chi connectivity index (χ1n) is 8.58. The first-order valence-corrected chi connectivity index (χ1v) is 8.58. The number of primary amides is 1. The summed E-state index contributed by atoms with van der Waals surface area (Å²) in [6.45, 7) is 0.149. The van der Waals surface area contributed by atoms with Gasteiger partial charge in [0.1, 0.15) is 5.75 Å². The van der Waals surface area contributed by atoms with E-state index in [1.165, 1.54) is 17.5 Å². The maximum Gasteiger partial charge on any atom is 0.260 e. The van der Waals surface area contributed by atoms with Crippen LogP contribution in [0.15, 0.2) is 42.5 Å². The van der Waals surface area contributed by atoms with Crippen molar-refractivity contribution in [3.05, 3.63) is 59.2 Å². The van der Waals surface area contributed by atoms with Crippen LogP contribution in [0.25, 0.3) is 0 Å². The molecule has 128 valence electrons. The fourth-order valence-electron chi connectivity index (χ4n) is 3.62. The molecule has 1 unspecified atom stereocenters. The second kappa shape index (κ2) is 6.24. The van der Waals surface area contributed by atoms with Crippen molar-refractivity contribution in [3.8, 4) is 5.75 Å². The Kier molecular flexibility index (Phi) is 3.92. The number of nitrogens with two attached hydrogens (primary N) is 1. The Bertz CT molecular complexity index is 847. The van der Waals surface area contributed by atoms with Gasteiger partial charge in [-0.2, -0.15) is 0 Å². The molecule has 5 heteroatoms. The molecule has 1 heterocycles. The minimum Gasteiger partial charge on any atom is -0.477 e. The zero-order valence-corrected chi connectivity index (χ0v) is 13.9. The molecule has 0 fully saturated rings. The van der Waals surface area contributed by atoms with E-state index >= 15 is 0 Å². The van der Waals surface area contributed by atoms with Gasteiger partial charge in [0.25, 0.3) is 5.91 Å².